The van der Waals surface area contributed by atoms with E-state index in [9.17, 15) is 33.0 Å². The molecular formula is C20H27F3O8. The predicted molar refractivity (Wildman–Crippen MR) is 97.0 cm³/mol. The molecule has 2 fully saturated rings. The third kappa shape index (κ3) is 4.68. The van der Waals surface area contributed by atoms with Crippen LogP contribution in [0.15, 0.2) is 11.3 Å². The van der Waals surface area contributed by atoms with Crippen LogP contribution >= 0.6 is 0 Å². The van der Waals surface area contributed by atoms with Gasteiger partial charge in [0.05, 0.1) is 7.11 Å². The first-order valence-corrected chi connectivity index (χ1v) is 10.2. The molecule has 0 amide bonds. The number of aliphatic carboxylic acids is 2. The fraction of sp³-hybridized carbons (Fsp3) is 0.800. The molecule has 2 heterocycles. The van der Waals surface area contributed by atoms with Crippen LogP contribution in [0.5, 0.6) is 0 Å². The first kappa shape index (κ1) is 23.8. The van der Waals surface area contributed by atoms with Crippen molar-refractivity contribution in [1.29, 1.82) is 0 Å². The highest BCUT2D eigenvalue weighted by Gasteiger charge is 2.57. The number of carboxylic acid groups (broad SMARTS) is 2. The van der Waals surface area contributed by atoms with E-state index >= 15 is 0 Å². The standard InChI is InChI=1S/C20H27F3O8/c1-9-4-5-11-12(8-13(16(24)25)17(26)27)15(20(21,22)23)29-18-14(11)10(9)6-7-19(2,30-18)31-28-3/h9-11,13-14,18H,4-8H2,1-3H3,(H,24,25)(H,26,27)/t9-,10+,11+,14?,18-,19+/m1/s1. The minimum Gasteiger partial charge on any atom is -0.481 e. The Bertz CT molecular complexity index is 737. The molecule has 6 atom stereocenters. The second-order valence-electron chi connectivity index (χ2n) is 8.71. The van der Waals surface area contributed by atoms with E-state index in [4.69, 9.17) is 19.2 Å². The summed E-state index contributed by atoms with van der Waals surface area (Å²) >= 11 is 0. The van der Waals surface area contributed by atoms with Crippen LogP contribution in [0.3, 0.4) is 0 Å². The molecule has 0 aromatic heterocycles. The first-order valence-electron chi connectivity index (χ1n) is 10.2. The highest BCUT2D eigenvalue weighted by Crippen LogP contribution is 2.55. The molecule has 31 heavy (non-hydrogen) atoms. The quantitative estimate of drug-likeness (QED) is 0.356. The molecule has 0 bridgehead atoms. The zero-order valence-electron chi connectivity index (χ0n) is 17.5. The number of alkyl halides is 3. The van der Waals surface area contributed by atoms with Gasteiger partial charge in [0.25, 0.3) is 0 Å². The molecule has 8 nitrogen and oxygen atoms in total. The van der Waals surface area contributed by atoms with Gasteiger partial charge in [0.15, 0.2) is 5.92 Å². The molecule has 11 heteroatoms. The number of halogens is 3. The van der Waals surface area contributed by atoms with Crippen molar-refractivity contribution in [1.82, 2.24) is 0 Å². The van der Waals surface area contributed by atoms with Gasteiger partial charge in [-0.3, -0.25) is 9.59 Å². The first-order chi connectivity index (χ1) is 14.4. The van der Waals surface area contributed by atoms with E-state index in [-0.39, 0.29) is 17.4 Å². The van der Waals surface area contributed by atoms with Crippen LogP contribution in [0.25, 0.3) is 0 Å². The minimum atomic E-state index is -4.94. The van der Waals surface area contributed by atoms with Gasteiger partial charge in [0.1, 0.15) is 0 Å². The smallest absolute Gasteiger partial charge is 0.448 e. The fourth-order valence-electron chi connectivity index (χ4n) is 5.31. The van der Waals surface area contributed by atoms with Crippen molar-refractivity contribution in [3.05, 3.63) is 11.3 Å². The van der Waals surface area contributed by atoms with Crippen molar-refractivity contribution in [2.75, 3.05) is 7.11 Å². The van der Waals surface area contributed by atoms with E-state index < -0.39 is 60.1 Å². The number of carbonyl (C=O) groups is 2. The molecule has 1 saturated carbocycles. The molecule has 1 unspecified atom stereocenters. The summed E-state index contributed by atoms with van der Waals surface area (Å²) in [7, 11) is 1.27. The SMILES string of the molecule is COO[C@@]1(C)CC[C@@H]2C3[C@H](OC(C(F)(F)F)=C(CC(C(=O)O)C(=O)O)[C@@H]3CC[C@H]2C)O1. The molecule has 3 rings (SSSR count). The van der Waals surface area contributed by atoms with Crippen LogP contribution in [0.4, 0.5) is 13.2 Å². The Kier molecular flexibility index (Phi) is 6.60. The van der Waals surface area contributed by atoms with E-state index in [2.05, 4.69) is 0 Å². The maximum absolute atomic E-state index is 14.0. The molecule has 0 spiro atoms. The van der Waals surface area contributed by atoms with E-state index in [0.717, 1.165) is 0 Å². The van der Waals surface area contributed by atoms with Crippen LogP contribution in [-0.2, 0) is 28.8 Å². The van der Waals surface area contributed by atoms with Gasteiger partial charge in [-0.1, -0.05) is 6.92 Å². The van der Waals surface area contributed by atoms with Crippen LogP contribution in [0, 0.1) is 29.6 Å². The lowest BCUT2D eigenvalue weighted by Crippen LogP contribution is -2.49. The van der Waals surface area contributed by atoms with E-state index in [1.807, 2.05) is 6.92 Å². The van der Waals surface area contributed by atoms with Crippen molar-refractivity contribution < 1.29 is 52.2 Å². The Morgan fingerprint density at radius 1 is 1.23 bits per heavy atom. The van der Waals surface area contributed by atoms with Crippen LogP contribution < -0.4 is 0 Å². The number of carboxylic acids is 2. The summed E-state index contributed by atoms with van der Waals surface area (Å²) in [6.07, 6.45) is -5.07. The molecule has 0 aromatic carbocycles. The summed E-state index contributed by atoms with van der Waals surface area (Å²) in [5.74, 6) is -9.16. The summed E-state index contributed by atoms with van der Waals surface area (Å²) < 4.78 is 53.1. The van der Waals surface area contributed by atoms with E-state index in [0.29, 0.717) is 25.7 Å². The van der Waals surface area contributed by atoms with Gasteiger partial charge < -0.3 is 19.7 Å². The summed E-state index contributed by atoms with van der Waals surface area (Å²) in [6, 6.07) is 0. The predicted octanol–water partition coefficient (Wildman–Crippen LogP) is 3.72. The summed E-state index contributed by atoms with van der Waals surface area (Å²) in [4.78, 5) is 32.8. The lowest BCUT2D eigenvalue weighted by molar-refractivity contribution is -0.438. The zero-order chi connectivity index (χ0) is 23.1. The van der Waals surface area contributed by atoms with Gasteiger partial charge in [0.2, 0.25) is 17.8 Å². The van der Waals surface area contributed by atoms with Gasteiger partial charge in [-0.15, -0.1) is 0 Å². The number of rotatable bonds is 6. The second kappa shape index (κ2) is 8.59. The average Bonchev–Trinajstić information content (AvgIpc) is 2.79. The topological polar surface area (TPSA) is 112 Å². The van der Waals surface area contributed by atoms with E-state index in [1.54, 1.807) is 6.92 Å². The van der Waals surface area contributed by atoms with E-state index in [1.165, 1.54) is 7.11 Å². The Morgan fingerprint density at radius 2 is 1.87 bits per heavy atom. The molecule has 176 valence electrons. The highest BCUT2D eigenvalue weighted by molar-refractivity contribution is 5.93. The Morgan fingerprint density at radius 3 is 2.42 bits per heavy atom. The lowest BCUT2D eigenvalue weighted by atomic mass is 9.61. The maximum atomic E-state index is 14.0. The second-order valence-corrected chi connectivity index (χ2v) is 8.71. The monoisotopic (exact) mass is 452 g/mol. The third-order valence-corrected chi connectivity index (χ3v) is 6.74. The molecule has 1 aliphatic carbocycles. The molecule has 1 saturated heterocycles. The van der Waals surface area contributed by atoms with Gasteiger partial charge >= 0.3 is 18.1 Å². The molecule has 3 aliphatic rings. The van der Waals surface area contributed by atoms with Crippen molar-refractivity contribution in [3.8, 4) is 0 Å². The maximum Gasteiger partial charge on any atom is 0.448 e. The van der Waals surface area contributed by atoms with Gasteiger partial charge in [-0.2, -0.15) is 13.2 Å². The van der Waals surface area contributed by atoms with Crippen molar-refractivity contribution in [2.24, 2.45) is 29.6 Å². The van der Waals surface area contributed by atoms with Gasteiger partial charge in [-0.05, 0) is 55.9 Å². The molecule has 2 aliphatic heterocycles. The van der Waals surface area contributed by atoms with Gasteiger partial charge in [-0.25, -0.2) is 9.78 Å². The minimum absolute atomic E-state index is 0.0658. The number of hydrogen-bond acceptors (Lipinski definition) is 6. The average molecular weight is 452 g/mol. The zero-order valence-corrected chi connectivity index (χ0v) is 17.5. The summed E-state index contributed by atoms with van der Waals surface area (Å²) in [5.41, 5.74) is -0.305. The number of hydrogen-bond donors (Lipinski definition) is 2. The molecular weight excluding hydrogens is 425 g/mol. The summed E-state index contributed by atoms with van der Waals surface area (Å²) in [5, 5.41) is 18.5. The largest absolute Gasteiger partial charge is 0.481 e. The lowest BCUT2D eigenvalue weighted by Gasteiger charge is -2.48. The molecule has 0 aromatic rings. The van der Waals surface area contributed by atoms with Crippen LogP contribution in [0.2, 0.25) is 0 Å². The normalized spacial score (nSPS) is 35.9. The van der Waals surface area contributed by atoms with Crippen molar-refractivity contribution in [3.63, 3.8) is 0 Å². The fourth-order valence-corrected chi connectivity index (χ4v) is 5.31. The Labute approximate surface area is 177 Å². The van der Waals surface area contributed by atoms with Crippen molar-refractivity contribution >= 4 is 11.9 Å². The Balaban J connectivity index is 2.09. The number of ether oxygens (including phenoxy) is 2. The van der Waals surface area contributed by atoms with Crippen molar-refractivity contribution in [2.45, 2.75) is 64.2 Å². The Hall–Kier alpha value is -1.85. The molecule has 0 radical (unpaired) electrons. The highest BCUT2D eigenvalue weighted by atomic mass is 19.4. The van der Waals surface area contributed by atoms with Crippen LogP contribution in [0.1, 0.15) is 46.0 Å². The van der Waals surface area contributed by atoms with Crippen LogP contribution in [-0.4, -0.2) is 47.5 Å². The number of allylic oxidation sites excluding steroid dienone is 2. The summed E-state index contributed by atoms with van der Waals surface area (Å²) in [6.45, 7) is 3.58. The molecule has 2 N–H and O–H groups in total. The third-order valence-electron chi connectivity index (χ3n) is 6.74. The van der Waals surface area contributed by atoms with Gasteiger partial charge in [0, 0.05) is 12.3 Å².